The molecule has 0 unspecified atom stereocenters. The second-order valence-electron chi connectivity index (χ2n) is 11.5. The molecule has 2 aliphatic heterocycles. The molecular weight excluding hydrogens is 580 g/mol. The molecule has 1 atom stereocenters. The number of likely N-dealkylation sites (N-methyl/N-ethyl adjacent to an activating group) is 1. The Morgan fingerprint density at radius 3 is 2.41 bits per heavy atom. The summed E-state index contributed by atoms with van der Waals surface area (Å²) in [7, 11) is 2.79. The Labute approximate surface area is 261 Å². The molecule has 0 bridgehead atoms. The maximum Gasteiger partial charge on any atom is 0.261 e. The highest BCUT2D eigenvalue weighted by molar-refractivity contribution is 7.89. The maximum absolute atomic E-state index is 14.0. The van der Waals surface area contributed by atoms with E-state index in [2.05, 4.69) is 27.8 Å². The number of rotatable bonds is 12. The zero-order chi connectivity index (χ0) is 31.6. The number of sulfonamides is 1. The fourth-order valence-corrected chi connectivity index (χ4v) is 7.42. The molecule has 0 spiro atoms. The molecule has 3 aromatic rings. The average Bonchev–Trinajstić information content (AvgIpc) is 3.56. The Morgan fingerprint density at radius 1 is 1.05 bits per heavy atom. The first-order chi connectivity index (χ1) is 21.1. The predicted octanol–water partition coefficient (Wildman–Crippen LogP) is 3.69. The van der Waals surface area contributed by atoms with Crippen molar-refractivity contribution in [3.05, 3.63) is 65.1 Å². The molecule has 3 heterocycles. The number of carbonyl (C=O) groups excluding carboxylic acids is 1. The number of nitrogens with zero attached hydrogens (tertiary/aromatic N) is 6. The summed E-state index contributed by atoms with van der Waals surface area (Å²) >= 11 is 0. The van der Waals surface area contributed by atoms with E-state index >= 15 is 0 Å². The molecule has 2 aromatic carbocycles. The second-order valence-corrected chi connectivity index (χ2v) is 13.5. The number of anilines is 1. The number of aromatic nitrogens is 2. The molecule has 0 N–H and O–H groups in total. The van der Waals surface area contributed by atoms with Crippen LogP contribution in [0.25, 0.3) is 0 Å². The zero-order valence-electron chi connectivity index (χ0n) is 26.6. The summed E-state index contributed by atoms with van der Waals surface area (Å²) in [6.07, 6.45) is 2.63. The van der Waals surface area contributed by atoms with Crippen molar-refractivity contribution in [1.29, 1.82) is 0 Å². The smallest absolute Gasteiger partial charge is 0.261 e. The van der Waals surface area contributed by atoms with Gasteiger partial charge in [-0.05, 0) is 56.1 Å². The lowest BCUT2D eigenvalue weighted by atomic mass is 9.99. The van der Waals surface area contributed by atoms with Crippen molar-refractivity contribution < 1.29 is 22.7 Å². The van der Waals surface area contributed by atoms with E-state index in [0.717, 1.165) is 55.1 Å². The number of methoxy groups -OCH3 is 2. The molecular formula is C32H44N6O5S. The molecule has 44 heavy (non-hydrogen) atoms. The van der Waals surface area contributed by atoms with Crippen LogP contribution in [0.1, 0.15) is 53.1 Å². The highest BCUT2D eigenvalue weighted by Gasteiger charge is 2.36. The predicted molar refractivity (Wildman–Crippen MR) is 170 cm³/mol. The lowest BCUT2D eigenvalue weighted by Gasteiger charge is -2.36. The van der Waals surface area contributed by atoms with E-state index in [4.69, 9.17) is 9.47 Å². The van der Waals surface area contributed by atoms with Crippen LogP contribution in [0.5, 0.6) is 11.5 Å². The van der Waals surface area contributed by atoms with E-state index in [1.165, 1.54) is 10.5 Å². The van der Waals surface area contributed by atoms with Crippen LogP contribution in [0.15, 0.2) is 47.6 Å². The van der Waals surface area contributed by atoms with Crippen molar-refractivity contribution >= 4 is 21.6 Å². The lowest BCUT2D eigenvalue weighted by Crippen LogP contribution is -2.46. The number of benzene rings is 2. The first-order valence-corrected chi connectivity index (χ1v) is 16.6. The largest absolute Gasteiger partial charge is 0.493 e. The summed E-state index contributed by atoms with van der Waals surface area (Å²) in [4.78, 5) is 25.0. The molecule has 12 heteroatoms. The highest BCUT2D eigenvalue weighted by atomic mass is 32.2. The minimum Gasteiger partial charge on any atom is -0.493 e. The van der Waals surface area contributed by atoms with E-state index in [1.807, 2.05) is 35.2 Å². The Kier molecular flexibility index (Phi) is 9.52. The van der Waals surface area contributed by atoms with Gasteiger partial charge >= 0.3 is 0 Å². The van der Waals surface area contributed by atoms with E-state index < -0.39 is 10.0 Å². The molecule has 1 aromatic heterocycles. The number of hydrogen-bond acceptors (Lipinski definition) is 8. The molecule has 1 saturated heterocycles. The zero-order valence-corrected chi connectivity index (χ0v) is 27.4. The molecule has 0 radical (unpaired) electrons. The van der Waals surface area contributed by atoms with Crippen molar-refractivity contribution in [3.8, 4) is 11.5 Å². The van der Waals surface area contributed by atoms with Crippen LogP contribution >= 0.6 is 0 Å². The van der Waals surface area contributed by atoms with Gasteiger partial charge in [0.2, 0.25) is 0 Å². The topological polar surface area (TPSA) is 100 Å². The summed E-state index contributed by atoms with van der Waals surface area (Å²) < 4.78 is 40.6. The summed E-state index contributed by atoms with van der Waals surface area (Å²) in [5, 5.41) is 0.0360. The van der Waals surface area contributed by atoms with Gasteiger partial charge in [-0.15, -0.1) is 0 Å². The second kappa shape index (κ2) is 13.2. The Bertz CT molecular complexity index is 1580. The van der Waals surface area contributed by atoms with Crippen molar-refractivity contribution in [2.24, 2.45) is 7.05 Å². The third-order valence-corrected chi connectivity index (χ3v) is 10.7. The van der Waals surface area contributed by atoms with Gasteiger partial charge in [0.1, 0.15) is 5.82 Å². The SMILES string of the molecule is CCN1CCN(c2cccc3c2CN([C@H](CCCN(C)S(=O)(=O)c2cn(C)c(C)n2)c2ccc(OC)c(OC)c2)C3=O)CC1. The summed E-state index contributed by atoms with van der Waals surface area (Å²) in [6.45, 7) is 9.62. The van der Waals surface area contributed by atoms with Crippen molar-refractivity contribution in [3.63, 3.8) is 0 Å². The summed E-state index contributed by atoms with van der Waals surface area (Å²) in [5.41, 5.74) is 3.82. The van der Waals surface area contributed by atoms with Crippen molar-refractivity contribution in [1.82, 2.24) is 23.7 Å². The van der Waals surface area contributed by atoms with E-state index in [1.54, 1.807) is 39.8 Å². The summed E-state index contributed by atoms with van der Waals surface area (Å²) in [6, 6.07) is 11.5. The number of hydrogen-bond donors (Lipinski definition) is 0. The third kappa shape index (κ3) is 6.15. The molecule has 1 fully saturated rings. The van der Waals surface area contributed by atoms with Gasteiger partial charge in [0.05, 0.1) is 20.3 Å². The highest BCUT2D eigenvalue weighted by Crippen LogP contribution is 2.40. The molecule has 5 rings (SSSR count). The van der Waals surface area contributed by atoms with Gasteiger partial charge in [0.25, 0.3) is 15.9 Å². The van der Waals surface area contributed by atoms with Gasteiger partial charge in [0.15, 0.2) is 16.5 Å². The first kappa shape index (κ1) is 31.8. The number of carbonyl (C=O) groups is 1. The molecule has 11 nitrogen and oxygen atoms in total. The van der Waals surface area contributed by atoms with Crippen molar-refractivity contribution in [2.45, 2.75) is 44.3 Å². The average molecular weight is 625 g/mol. The molecule has 0 saturated carbocycles. The van der Waals surface area contributed by atoms with Crippen LogP contribution in [-0.4, -0.2) is 98.5 Å². The van der Waals surface area contributed by atoms with Crippen molar-refractivity contribution in [2.75, 3.05) is 65.4 Å². The number of imidazole rings is 1. The van der Waals surface area contributed by atoms with Gasteiger partial charge < -0.3 is 28.7 Å². The first-order valence-electron chi connectivity index (χ1n) is 15.2. The minimum atomic E-state index is -3.75. The van der Waals surface area contributed by atoms with Crippen LogP contribution in [0.3, 0.4) is 0 Å². The van der Waals surface area contributed by atoms with Gasteiger partial charge in [-0.1, -0.05) is 19.1 Å². The van der Waals surface area contributed by atoms with E-state index in [-0.39, 0.29) is 23.5 Å². The minimum absolute atomic E-state index is 0.0150. The van der Waals surface area contributed by atoms with Crippen LogP contribution < -0.4 is 14.4 Å². The van der Waals surface area contributed by atoms with E-state index in [0.29, 0.717) is 36.7 Å². The normalized spacial score (nSPS) is 16.5. The standard InChI is InChI=1S/C32H44N6O5S/c1-7-36-16-18-37(19-17-36)28-11-8-10-25-26(28)21-38(32(25)39)27(24-13-14-29(42-5)30(20-24)43-6)12-9-15-35(4)44(40,41)31-22-34(3)23(2)33-31/h8,10-11,13-14,20,22,27H,7,9,12,15-19,21H2,1-6H3/t27-/m1/s1. The fourth-order valence-electron chi connectivity index (χ4n) is 6.19. The fraction of sp³-hybridized carbons (Fsp3) is 0.500. The van der Waals surface area contributed by atoms with Gasteiger partial charge in [0, 0.05) is 76.4 Å². The number of piperazine rings is 1. The Balaban J connectivity index is 1.40. The summed E-state index contributed by atoms with van der Waals surface area (Å²) in [5.74, 6) is 1.80. The van der Waals surface area contributed by atoms with Crippen LogP contribution in [0, 0.1) is 6.92 Å². The quantitative estimate of drug-likeness (QED) is 0.301. The van der Waals surface area contributed by atoms with Gasteiger partial charge in [-0.25, -0.2) is 13.4 Å². The van der Waals surface area contributed by atoms with Crippen LogP contribution in [-0.2, 0) is 23.6 Å². The number of amides is 1. The van der Waals surface area contributed by atoms with Gasteiger partial charge in [-0.3, -0.25) is 4.79 Å². The maximum atomic E-state index is 14.0. The third-order valence-electron chi connectivity index (χ3n) is 9.01. The van der Waals surface area contributed by atoms with Crippen LogP contribution in [0.2, 0.25) is 0 Å². The lowest BCUT2D eigenvalue weighted by molar-refractivity contribution is 0.0687. The monoisotopic (exact) mass is 624 g/mol. The number of ether oxygens (including phenoxy) is 2. The molecule has 0 aliphatic carbocycles. The number of fused-ring (bicyclic) bond motifs is 1. The molecule has 2 aliphatic rings. The van der Waals surface area contributed by atoms with Crippen LogP contribution in [0.4, 0.5) is 5.69 Å². The van der Waals surface area contributed by atoms with E-state index in [9.17, 15) is 13.2 Å². The molecule has 1 amide bonds. The Morgan fingerprint density at radius 2 is 1.77 bits per heavy atom. The van der Waals surface area contributed by atoms with Gasteiger partial charge in [-0.2, -0.15) is 4.31 Å². The Hall–Kier alpha value is -3.61. The number of aryl methyl sites for hydroxylation is 2. The molecule has 238 valence electrons.